The predicted molar refractivity (Wildman–Crippen MR) is 71.7 cm³/mol. The Hall–Kier alpha value is -1.99. The van der Waals surface area contributed by atoms with Gasteiger partial charge in [-0.3, -0.25) is 9.63 Å². The summed E-state index contributed by atoms with van der Waals surface area (Å²) in [6.45, 7) is 1.65. The summed E-state index contributed by atoms with van der Waals surface area (Å²) in [5.41, 5.74) is 2.16. The van der Waals surface area contributed by atoms with Gasteiger partial charge in [-0.05, 0) is 31.2 Å². The van der Waals surface area contributed by atoms with Gasteiger partial charge in [-0.2, -0.15) is 0 Å². The van der Waals surface area contributed by atoms with Gasteiger partial charge in [0.25, 0.3) is 5.91 Å². The van der Waals surface area contributed by atoms with Gasteiger partial charge >= 0.3 is 6.09 Å². The van der Waals surface area contributed by atoms with E-state index >= 15 is 0 Å². The van der Waals surface area contributed by atoms with E-state index in [-0.39, 0.29) is 13.2 Å². The molecule has 0 aliphatic heterocycles. The highest BCUT2D eigenvalue weighted by Gasteiger charge is 2.14. The number of carbonyl (C=O) groups excluding carboxylic acids is 1. The SMILES string of the molecule is C[C@H](Oc1ccc(Cl)cc1)C(=O)NOCCNC(=O)O. The Labute approximate surface area is 120 Å². The molecular formula is C12H15ClN2O5. The van der Waals surface area contributed by atoms with Gasteiger partial charge in [-0.15, -0.1) is 0 Å². The van der Waals surface area contributed by atoms with Gasteiger partial charge in [0.1, 0.15) is 5.75 Å². The summed E-state index contributed by atoms with van der Waals surface area (Å²) in [7, 11) is 0. The van der Waals surface area contributed by atoms with Gasteiger partial charge in [0.05, 0.1) is 6.61 Å². The Morgan fingerprint density at radius 2 is 2.00 bits per heavy atom. The lowest BCUT2D eigenvalue weighted by molar-refractivity contribution is -0.139. The van der Waals surface area contributed by atoms with Gasteiger partial charge < -0.3 is 15.2 Å². The lowest BCUT2D eigenvalue weighted by atomic mass is 10.3. The molecule has 1 atom stereocenters. The molecule has 0 spiro atoms. The largest absolute Gasteiger partial charge is 0.481 e. The molecule has 0 aliphatic rings. The summed E-state index contributed by atoms with van der Waals surface area (Å²) in [6.07, 6.45) is -1.91. The number of ether oxygens (including phenoxy) is 1. The van der Waals surface area contributed by atoms with Crippen LogP contribution in [-0.4, -0.2) is 36.4 Å². The second kappa shape index (κ2) is 8.23. The molecule has 110 valence electrons. The van der Waals surface area contributed by atoms with Crippen LogP contribution < -0.4 is 15.5 Å². The minimum absolute atomic E-state index is 0.0195. The van der Waals surface area contributed by atoms with Gasteiger partial charge in [0.15, 0.2) is 6.10 Å². The van der Waals surface area contributed by atoms with Crippen molar-refractivity contribution in [2.24, 2.45) is 0 Å². The van der Waals surface area contributed by atoms with Gasteiger partial charge in [0.2, 0.25) is 0 Å². The van der Waals surface area contributed by atoms with Crippen LogP contribution in [0, 0.1) is 0 Å². The Bertz CT molecular complexity index is 452. The summed E-state index contributed by atoms with van der Waals surface area (Å²) < 4.78 is 5.37. The molecule has 0 aromatic heterocycles. The van der Waals surface area contributed by atoms with Crippen molar-refractivity contribution in [2.45, 2.75) is 13.0 Å². The smallest absolute Gasteiger partial charge is 0.404 e. The van der Waals surface area contributed by atoms with E-state index in [0.29, 0.717) is 10.8 Å². The Balaban J connectivity index is 2.25. The van der Waals surface area contributed by atoms with Crippen molar-refractivity contribution >= 4 is 23.6 Å². The normalized spacial score (nSPS) is 11.5. The predicted octanol–water partition coefficient (Wildman–Crippen LogP) is 1.42. The fourth-order valence-electron chi connectivity index (χ4n) is 1.18. The molecule has 0 saturated heterocycles. The minimum atomic E-state index is -1.15. The number of halogens is 1. The van der Waals surface area contributed by atoms with Crippen molar-refractivity contribution in [1.82, 2.24) is 10.8 Å². The lowest BCUT2D eigenvalue weighted by Crippen LogP contribution is -2.38. The molecule has 3 N–H and O–H groups in total. The molecule has 1 aromatic rings. The summed E-state index contributed by atoms with van der Waals surface area (Å²) in [6, 6.07) is 6.58. The van der Waals surface area contributed by atoms with E-state index in [1.54, 1.807) is 31.2 Å². The van der Waals surface area contributed by atoms with E-state index in [1.165, 1.54) is 0 Å². The molecule has 0 unspecified atom stereocenters. The minimum Gasteiger partial charge on any atom is -0.481 e. The van der Waals surface area contributed by atoms with Crippen molar-refractivity contribution in [3.05, 3.63) is 29.3 Å². The number of hydroxylamine groups is 1. The molecule has 1 rings (SSSR count). The van der Waals surface area contributed by atoms with E-state index in [4.69, 9.17) is 26.3 Å². The van der Waals surface area contributed by atoms with Crippen LogP contribution in [0.4, 0.5) is 4.79 Å². The first-order valence-electron chi connectivity index (χ1n) is 5.79. The first kappa shape index (κ1) is 16.1. The van der Waals surface area contributed by atoms with Crippen LogP contribution >= 0.6 is 11.6 Å². The van der Waals surface area contributed by atoms with E-state index in [9.17, 15) is 9.59 Å². The number of carbonyl (C=O) groups is 2. The zero-order chi connectivity index (χ0) is 15.0. The van der Waals surface area contributed by atoms with Crippen LogP contribution in [0.2, 0.25) is 5.02 Å². The average molecular weight is 303 g/mol. The molecule has 2 amide bonds. The first-order chi connectivity index (χ1) is 9.49. The Morgan fingerprint density at radius 3 is 2.60 bits per heavy atom. The molecule has 0 aliphatic carbocycles. The molecule has 7 nitrogen and oxygen atoms in total. The van der Waals surface area contributed by atoms with Crippen molar-refractivity contribution in [2.75, 3.05) is 13.2 Å². The fraction of sp³-hybridized carbons (Fsp3) is 0.333. The molecule has 0 bridgehead atoms. The van der Waals surface area contributed by atoms with Gasteiger partial charge in [-0.1, -0.05) is 11.6 Å². The maximum Gasteiger partial charge on any atom is 0.404 e. The number of carboxylic acid groups (broad SMARTS) is 1. The number of hydrogen-bond donors (Lipinski definition) is 3. The molecule has 0 saturated carbocycles. The van der Waals surface area contributed by atoms with E-state index in [2.05, 4.69) is 10.8 Å². The number of amides is 2. The molecule has 0 radical (unpaired) electrons. The summed E-state index contributed by atoms with van der Waals surface area (Å²) >= 11 is 5.73. The monoisotopic (exact) mass is 302 g/mol. The van der Waals surface area contributed by atoms with Crippen molar-refractivity contribution in [1.29, 1.82) is 0 Å². The topological polar surface area (TPSA) is 96.9 Å². The zero-order valence-corrected chi connectivity index (χ0v) is 11.5. The number of nitrogens with one attached hydrogen (secondary N) is 2. The highest BCUT2D eigenvalue weighted by Crippen LogP contribution is 2.16. The first-order valence-corrected chi connectivity index (χ1v) is 6.17. The van der Waals surface area contributed by atoms with Crippen LogP contribution in [0.5, 0.6) is 5.75 Å². The van der Waals surface area contributed by atoms with Gasteiger partial charge in [0, 0.05) is 11.6 Å². The van der Waals surface area contributed by atoms with Crippen LogP contribution in [0.3, 0.4) is 0 Å². The highest BCUT2D eigenvalue weighted by atomic mass is 35.5. The molecule has 8 heteroatoms. The maximum atomic E-state index is 11.6. The van der Waals surface area contributed by atoms with E-state index in [0.717, 1.165) is 0 Å². The van der Waals surface area contributed by atoms with Crippen molar-refractivity contribution < 1.29 is 24.3 Å². The van der Waals surface area contributed by atoms with Crippen molar-refractivity contribution in [3.8, 4) is 5.75 Å². The van der Waals surface area contributed by atoms with Crippen LogP contribution in [0.1, 0.15) is 6.92 Å². The molecule has 1 aromatic carbocycles. The summed E-state index contributed by atoms with van der Waals surface area (Å²) in [5.74, 6) is 0.0277. The third-order valence-corrected chi connectivity index (χ3v) is 2.40. The van der Waals surface area contributed by atoms with Crippen LogP contribution in [-0.2, 0) is 9.63 Å². The third-order valence-electron chi connectivity index (χ3n) is 2.15. The van der Waals surface area contributed by atoms with Crippen molar-refractivity contribution in [3.63, 3.8) is 0 Å². The Morgan fingerprint density at radius 1 is 1.35 bits per heavy atom. The Kier molecular flexibility index (Phi) is 6.61. The number of benzene rings is 1. The average Bonchev–Trinajstić information content (AvgIpc) is 2.40. The number of rotatable bonds is 7. The second-order valence-corrected chi connectivity index (χ2v) is 4.20. The van der Waals surface area contributed by atoms with Crippen LogP contribution in [0.25, 0.3) is 0 Å². The zero-order valence-electron chi connectivity index (χ0n) is 10.8. The second-order valence-electron chi connectivity index (χ2n) is 3.76. The quantitative estimate of drug-likeness (QED) is 0.523. The lowest BCUT2D eigenvalue weighted by Gasteiger charge is -2.14. The number of hydrogen-bond acceptors (Lipinski definition) is 4. The fourth-order valence-corrected chi connectivity index (χ4v) is 1.31. The maximum absolute atomic E-state index is 11.6. The standard InChI is InChI=1S/C12H15ClN2O5/c1-8(20-10-4-2-9(13)3-5-10)11(16)15-19-7-6-14-12(17)18/h2-5,8,14H,6-7H2,1H3,(H,15,16)(H,17,18)/t8-/m0/s1. The third kappa shape index (κ3) is 6.26. The summed E-state index contributed by atoms with van der Waals surface area (Å²) in [4.78, 5) is 26.5. The van der Waals surface area contributed by atoms with Crippen LogP contribution in [0.15, 0.2) is 24.3 Å². The van der Waals surface area contributed by atoms with E-state index < -0.39 is 18.1 Å². The molecule has 0 heterocycles. The summed E-state index contributed by atoms with van der Waals surface area (Å²) in [5, 5.41) is 11.0. The van der Waals surface area contributed by atoms with E-state index in [1.807, 2.05) is 0 Å². The molecular weight excluding hydrogens is 288 g/mol. The molecule has 0 fully saturated rings. The van der Waals surface area contributed by atoms with Gasteiger partial charge in [-0.25, -0.2) is 10.3 Å². The molecule has 20 heavy (non-hydrogen) atoms. The highest BCUT2D eigenvalue weighted by molar-refractivity contribution is 6.30.